The highest BCUT2D eigenvalue weighted by Crippen LogP contribution is 2.26. The van der Waals surface area contributed by atoms with Crippen LogP contribution in [-0.4, -0.2) is 22.0 Å². The lowest BCUT2D eigenvalue weighted by atomic mass is 10.2. The SMILES string of the molecule is COC(=O)C[C@H](NS(=O)C(C)(C)C)c1cc(C)cs1. The van der Waals surface area contributed by atoms with Gasteiger partial charge in [-0.3, -0.25) is 4.79 Å². The first-order valence-electron chi connectivity index (χ1n) is 6.04. The zero-order chi connectivity index (χ0) is 14.6. The van der Waals surface area contributed by atoms with Crippen LogP contribution in [0.4, 0.5) is 0 Å². The standard InChI is InChI=1S/C13H21NO3S2/c1-9-6-11(18-8-9)10(7-12(15)17-5)14-19(16)13(2,3)4/h6,8,10,14H,7H2,1-5H3/t10-,19?/m0/s1. The first kappa shape index (κ1) is 16.3. The van der Waals surface area contributed by atoms with E-state index in [1.165, 1.54) is 7.11 Å². The molecule has 4 nitrogen and oxygen atoms in total. The van der Waals surface area contributed by atoms with Crippen LogP contribution in [0.25, 0.3) is 0 Å². The summed E-state index contributed by atoms with van der Waals surface area (Å²) < 4.78 is 19.5. The highest BCUT2D eigenvalue weighted by molar-refractivity contribution is 7.84. The van der Waals surface area contributed by atoms with E-state index in [-0.39, 0.29) is 23.2 Å². The number of hydrogen-bond donors (Lipinski definition) is 1. The topological polar surface area (TPSA) is 55.4 Å². The maximum absolute atomic E-state index is 12.2. The molecule has 0 radical (unpaired) electrons. The van der Waals surface area contributed by atoms with Crippen molar-refractivity contribution in [3.63, 3.8) is 0 Å². The van der Waals surface area contributed by atoms with Crippen molar-refractivity contribution in [3.8, 4) is 0 Å². The van der Waals surface area contributed by atoms with E-state index in [1.54, 1.807) is 11.3 Å². The molecular formula is C13H21NO3S2. The van der Waals surface area contributed by atoms with Gasteiger partial charge in [-0.25, -0.2) is 8.93 Å². The molecule has 6 heteroatoms. The van der Waals surface area contributed by atoms with Crippen molar-refractivity contribution in [2.45, 2.75) is 44.9 Å². The van der Waals surface area contributed by atoms with Crippen LogP contribution in [-0.2, 0) is 20.5 Å². The maximum Gasteiger partial charge on any atom is 0.307 e. The van der Waals surface area contributed by atoms with E-state index in [0.29, 0.717) is 0 Å². The van der Waals surface area contributed by atoms with E-state index in [1.807, 2.05) is 39.1 Å². The molecule has 1 N–H and O–H groups in total. The summed E-state index contributed by atoms with van der Waals surface area (Å²) in [5, 5.41) is 2.02. The molecule has 0 amide bonds. The lowest BCUT2D eigenvalue weighted by molar-refractivity contribution is -0.141. The fourth-order valence-electron chi connectivity index (χ4n) is 1.39. The third-order valence-corrected chi connectivity index (χ3v) is 5.27. The van der Waals surface area contributed by atoms with Gasteiger partial charge in [0.15, 0.2) is 0 Å². The number of rotatable bonds is 5. The van der Waals surface area contributed by atoms with Crippen LogP contribution in [0, 0.1) is 6.92 Å². The monoisotopic (exact) mass is 303 g/mol. The van der Waals surface area contributed by atoms with E-state index < -0.39 is 11.0 Å². The van der Waals surface area contributed by atoms with Gasteiger partial charge < -0.3 is 4.74 Å². The Balaban J connectivity index is 2.87. The van der Waals surface area contributed by atoms with Crippen LogP contribution in [0.2, 0.25) is 0 Å². The third kappa shape index (κ3) is 5.04. The van der Waals surface area contributed by atoms with Crippen molar-refractivity contribution >= 4 is 28.3 Å². The molecule has 0 spiro atoms. The minimum atomic E-state index is -1.23. The Hall–Kier alpha value is -0.720. The first-order valence-corrected chi connectivity index (χ1v) is 8.07. The molecule has 0 bridgehead atoms. The van der Waals surface area contributed by atoms with Gasteiger partial charge in [-0.05, 0) is 44.7 Å². The fraction of sp³-hybridized carbons (Fsp3) is 0.615. The number of hydrogen-bond acceptors (Lipinski definition) is 4. The van der Waals surface area contributed by atoms with Crippen LogP contribution >= 0.6 is 11.3 Å². The molecular weight excluding hydrogens is 282 g/mol. The van der Waals surface area contributed by atoms with Gasteiger partial charge in [-0.15, -0.1) is 11.3 Å². The minimum Gasteiger partial charge on any atom is -0.469 e. The zero-order valence-corrected chi connectivity index (χ0v) is 13.6. The van der Waals surface area contributed by atoms with Crippen LogP contribution in [0.3, 0.4) is 0 Å². The Morgan fingerprint density at radius 3 is 2.58 bits per heavy atom. The Labute approximate surface area is 121 Å². The van der Waals surface area contributed by atoms with E-state index in [0.717, 1.165) is 10.4 Å². The molecule has 0 aliphatic heterocycles. The van der Waals surface area contributed by atoms with Gasteiger partial charge >= 0.3 is 5.97 Å². The van der Waals surface area contributed by atoms with E-state index in [2.05, 4.69) is 4.72 Å². The number of carbonyl (C=O) groups excluding carboxylic acids is 1. The maximum atomic E-state index is 12.2. The zero-order valence-electron chi connectivity index (χ0n) is 12.0. The van der Waals surface area contributed by atoms with Gasteiger partial charge in [0.1, 0.15) is 0 Å². The van der Waals surface area contributed by atoms with Crippen molar-refractivity contribution in [2.75, 3.05) is 7.11 Å². The molecule has 0 saturated heterocycles. The van der Waals surface area contributed by atoms with Gasteiger partial charge in [0.05, 0.1) is 35.3 Å². The van der Waals surface area contributed by atoms with Crippen molar-refractivity contribution < 1.29 is 13.7 Å². The van der Waals surface area contributed by atoms with Gasteiger partial charge in [0.25, 0.3) is 0 Å². The molecule has 1 unspecified atom stereocenters. The number of carbonyl (C=O) groups is 1. The number of methoxy groups -OCH3 is 1. The summed E-state index contributed by atoms with van der Waals surface area (Å²) in [6.45, 7) is 7.68. The van der Waals surface area contributed by atoms with Crippen molar-refractivity contribution in [2.24, 2.45) is 0 Å². The molecule has 1 rings (SSSR count). The normalized spacial score (nSPS) is 15.0. The van der Waals surface area contributed by atoms with Gasteiger partial charge in [-0.1, -0.05) is 0 Å². The van der Waals surface area contributed by atoms with Crippen molar-refractivity contribution in [3.05, 3.63) is 21.9 Å². The third-order valence-electron chi connectivity index (χ3n) is 2.50. The average Bonchev–Trinajstić information content (AvgIpc) is 2.73. The van der Waals surface area contributed by atoms with Gasteiger partial charge in [0.2, 0.25) is 0 Å². The fourth-order valence-corrected chi connectivity index (χ4v) is 3.24. The molecule has 1 aromatic rings. The molecule has 0 aliphatic carbocycles. The summed E-state index contributed by atoms with van der Waals surface area (Å²) in [6, 6.07) is 1.73. The second-order valence-electron chi connectivity index (χ2n) is 5.36. The van der Waals surface area contributed by atoms with E-state index in [9.17, 15) is 9.00 Å². The number of thiophene rings is 1. The minimum absolute atomic E-state index is 0.179. The molecule has 1 heterocycles. The predicted octanol–water partition coefficient (Wildman–Crippen LogP) is 2.71. The highest BCUT2D eigenvalue weighted by atomic mass is 32.2. The quantitative estimate of drug-likeness (QED) is 0.851. The Kier molecular flexibility index (Phi) is 5.70. The smallest absolute Gasteiger partial charge is 0.307 e. The lowest BCUT2D eigenvalue weighted by Crippen LogP contribution is -2.36. The second-order valence-corrected chi connectivity index (χ2v) is 8.30. The number of nitrogens with one attached hydrogen (secondary N) is 1. The number of esters is 1. The summed E-state index contributed by atoms with van der Waals surface area (Å²) in [4.78, 5) is 12.5. The molecule has 0 saturated carbocycles. The van der Waals surface area contributed by atoms with Crippen molar-refractivity contribution in [1.82, 2.24) is 4.72 Å². The van der Waals surface area contributed by atoms with Crippen molar-refractivity contribution in [1.29, 1.82) is 0 Å². The van der Waals surface area contributed by atoms with Gasteiger partial charge in [0, 0.05) is 4.88 Å². The Morgan fingerprint density at radius 2 is 2.16 bits per heavy atom. The van der Waals surface area contributed by atoms with Crippen LogP contribution in [0.5, 0.6) is 0 Å². The molecule has 1 aromatic heterocycles. The Morgan fingerprint density at radius 1 is 1.53 bits per heavy atom. The lowest BCUT2D eigenvalue weighted by Gasteiger charge is -2.23. The second kappa shape index (κ2) is 6.63. The highest BCUT2D eigenvalue weighted by Gasteiger charge is 2.26. The van der Waals surface area contributed by atoms with Gasteiger partial charge in [-0.2, -0.15) is 0 Å². The van der Waals surface area contributed by atoms with Crippen LogP contribution in [0.15, 0.2) is 11.4 Å². The molecule has 2 atom stereocenters. The van der Waals surface area contributed by atoms with E-state index >= 15 is 0 Å². The largest absolute Gasteiger partial charge is 0.469 e. The summed E-state index contributed by atoms with van der Waals surface area (Å²) in [7, 11) is 0.133. The molecule has 0 aromatic carbocycles. The molecule has 0 fully saturated rings. The molecule has 19 heavy (non-hydrogen) atoms. The summed E-state index contributed by atoms with van der Waals surface area (Å²) in [6.07, 6.45) is 0.179. The van der Waals surface area contributed by atoms with E-state index in [4.69, 9.17) is 4.74 Å². The summed E-state index contributed by atoms with van der Waals surface area (Å²) in [5.41, 5.74) is 1.14. The number of ether oxygens (including phenoxy) is 1. The number of aryl methyl sites for hydroxylation is 1. The van der Waals surface area contributed by atoms with Crippen LogP contribution in [0.1, 0.15) is 43.7 Å². The first-order chi connectivity index (χ1) is 8.74. The molecule has 108 valence electrons. The van der Waals surface area contributed by atoms with Crippen LogP contribution < -0.4 is 4.72 Å². The summed E-state index contributed by atoms with van der Waals surface area (Å²) >= 11 is 1.56. The summed E-state index contributed by atoms with van der Waals surface area (Å²) in [5.74, 6) is -0.311. The molecule has 0 aliphatic rings. The average molecular weight is 303 g/mol. The predicted molar refractivity (Wildman–Crippen MR) is 79.5 cm³/mol. The Bertz CT molecular complexity index is 463.